The predicted octanol–water partition coefficient (Wildman–Crippen LogP) is 3.31. The van der Waals surface area contributed by atoms with E-state index in [9.17, 15) is 14.9 Å². The van der Waals surface area contributed by atoms with Gasteiger partial charge in [-0.15, -0.1) is 0 Å². The summed E-state index contributed by atoms with van der Waals surface area (Å²) in [4.78, 5) is 24.7. The molecule has 0 N–H and O–H groups in total. The Bertz CT molecular complexity index is 522. The topological polar surface area (TPSA) is 63.5 Å². The zero-order valence-electron chi connectivity index (χ0n) is 12.0. The lowest BCUT2D eigenvalue weighted by molar-refractivity contribution is -0.385. The van der Waals surface area contributed by atoms with Gasteiger partial charge in [-0.05, 0) is 25.8 Å². The number of carbonyl (C=O) groups excluding carboxylic acids is 1. The first kappa shape index (κ1) is 14.5. The third kappa shape index (κ3) is 2.98. The minimum Gasteiger partial charge on any atom is -0.339 e. The number of nitrogens with zero attached hydrogens (tertiary/aromatic N) is 2. The highest BCUT2D eigenvalue weighted by Crippen LogP contribution is 2.25. The van der Waals surface area contributed by atoms with Gasteiger partial charge in [0.15, 0.2) is 0 Å². The lowest BCUT2D eigenvalue weighted by atomic mass is 9.94. The van der Waals surface area contributed by atoms with E-state index in [-0.39, 0.29) is 17.6 Å². The Morgan fingerprint density at radius 1 is 1.30 bits per heavy atom. The quantitative estimate of drug-likeness (QED) is 0.628. The van der Waals surface area contributed by atoms with Crippen LogP contribution in [0.4, 0.5) is 5.69 Å². The van der Waals surface area contributed by atoms with Crippen LogP contribution in [0.2, 0.25) is 0 Å². The van der Waals surface area contributed by atoms with Crippen LogP contribution < -0.4 is 0 Å². The number of hydrogen-bond donors (Lipinski definition) is 0. The number of aryl methyl sites for hydroxylation is 1. The van der Waals surface area contributed by atoms with Crippen molar-refractivity contribution in [3.8, 4) is 0 Å². The second-order valence-corrected chi connectivity index (χ2v) is 5.47. The molecule has 0 aromatic heterocycles. The minimum absolute atomic E-state index is 0.00731. The first-order chi connectivity index (χ1) is 9.50. The second kappa shape index (κ2) is 6.03. The van der Waals surface area contributed by atoms with E-state index in [4.69, 9.17) is 0 Å². The molecule has 108 valence electrons. The Hall–Kier alpha value is -1.91. The Labute approximate surface area is 118 Å². The number of nitro groups is 1. The van der Waals surface area contributed by atoms with Crippen LogP contribution >= 0.6 is 0 Å². The van der Waals surface area contributed by atoms with Crippen LogP contribution in [-0.2, 0) is 0 Å². The highest BCUT2D eigenvalue weighted by atomic mass is 16.6. The molecule has 1 amide bonds. The predicted molar refractivity (Wildman–Crippen MR) is 76.8 cm³/mol. The first-order valence-corrected chi connectivity index (χ1v) is 7.03. The minimum atomic E-state index is -0.438. The average Bonchev–Trinajstić information content (AvgIpc) is 2.47. The van der Waals surface area contributed by atoms with Gasteiger partial charge in [0, 0.05) is 30.3 Å². The van der Waals surface area contributed by atoms with Crippen molar-refractivity contribution >= 4 is 11.6 Å². The molecule has 0 unspecified atom stereocenters. The van der Waals surface area contributed by atoms with Crippen LogP contribution in [0.3, 0.4) is 0 Å². The molecule has 1 aromatic rings. The molecule has 0 radical (unpaired) electrons. The van der Waals surface area contributed by atoms with Crippen LogP contribution in [0.5, 0.6) is 0 Å². The Kier molecular flexibility index (Phi) is 4.37. The van der Waals surface area contributed by atoms with E-state index in [1.54, 1.807) is 31.0 Å². The van der Waals surface area contributed by atoms with Gasteiger partial charge in [-0.3, -0.25) is 14.9 Å². The molecule has 20 heavy (non-hydrogen) atoms. The number of rotatable bonds is 3. The van der Waals surface area contributed by atoms with E-state index in [1.807, 2.05) is 0 Å². The molecule has 0 atom stereocenters. The van der Waals surface area contributed by atoms with Crippen molar-refractivity contribution in [3.05, 3.63) is 39.4 Å². The van der Waals surface area contributed by atoms with Crippen molar-refractivity contribution < 1.29 is 9.72 Å². The normalized spacial score (nSPS) is 15.9. The molecule has 1 aliphatic carbocycles. The van der Waals surface area contributed by atoms with E-state index in [1.165, 1.54) is 12.5 Å². The Morgan fingerprint density at radius 2 is 1.95 bits per heavy atom. The van der Waals surface area contributed by atoms with Gasteiger partial charge < -0.3 is 4.90 Å². The van der Waals surface area contributed by atoms with Crippen LogP contribution in [0.15, 0.2) is 18.2 Å². The second-order valence-electron chi connectivity index (χ2n) is 5.47. The fourth-order valence-corrected chi connectivity index (χ4v) is 2.78. The molecule has 2 rings (SSSR count). The first-order valence-electron chi connectivity index (χ1n) is 7.03. The number of benzene rings is 1. The summed E-state index contributed by atoms with van der Waals surface area (Å²) >= 11 is 0. The Balaban J connectivity index is 2.19. The SMILES string of the molecule is Cc1ccc(C(=O)N(C)C2CCCCC2)cc1[N+](=O)[O-]. The molecule has 5 heteroatoms. The molecular formula is C15H20N2O3. The van der Waals surface area contributed by atoms with Crippen LogP contribution in [0, 0.1) is 17.0 Å². The monoisotopic (exact) mass is 276 g/mol. The van der Waals surface area contributed by atoms with Crippen molar-refractivity contribution in [3.63, 3.8) is 0 Å². The molecular weight excluding hydrogens is 256 g/mol. The van der Waals surface area contributed by atoms with Crippen LogP contribution in [0.1, 0.15) is 48.0 Å². The molecule has 0 heterocycles. The summed E-state index contributed by atoms with van der Waals surface area (Å²) < 4.78 is 0. The Morgan fingerprint density at radius 3 is 2.55 bits per heavy atom. The van der Waals surface area contributed by atoms with Crippen molar-refractivity contribution in [2.24, 2.45) is 0 Å². The highest BCUT2D eigenvalue weighted by Gasteiger charge is 2.24. The van der Waals surface area contributed by atoms with E-state index >= 15 is 0 Å². The maximum Gasteiger partial charge on any atom is 0.273 e. The fraction of sp³-hybridized carbons (Fsp3) is 0.533. The van der Waals surface area contributed by atoms with Gasteiger partial charge in [0.25, 0.3) is 11.6 Å². The summed E-state index contributed by atoms with van der Waals surface area (Å²) in [6, 6.07) is 4.96. The van der Waals surface area contributed by atoms with E-state index in [2.05, 4.69) is 0 Å². The molecule has 0 saturated heterocycles. The smallest absolute Gasteiger partial charge is 0.273 e. The third-order valence-electron chi connectivity index (χ3n) is 4.10. The van der Waals surface area contributed by atoms with E-state index < -0.39 is 4.92 Å². The van der Waals surface area contributed by atoms with Gasteiger partial charge in [-0.25, -0.2) is 0 Å². The van der Waals surface area contributed by atoms with E-state index in [0.717, 1.165) is 25.7 Å². The van der Waals surface area contributed by atoms with Gasteiger partial charge in [0.05, 0.1) is 4.92 Å². The number of hydrogen-bond acceptors (Lipinski definition) is 3. The summed E-state index contributed by atoms with van der Waals surface area (Å²) in [5, 5.41) is 10.9. The van der Waals surface area contributed by atoms with Gasteiger partial charge >= 0.3 is 0 Å². The summed E-state index contributed by atoms with van der Waals surface area (Å²) in [6.07, 6.45) is 5.58. The van der Waals surface area contributed by atoms with Crippen molar-refractivity contribution in [1.29, 1.82) is 0 Å². The molecule has 1 saturated carbocycles. The van der Waals surface area contributed by atoms with Crippen molar-refractivity contribution in [2.45, 2.75) is 45.1 Å². The number of amides is 1. The maximum absolute atomic E-state index is 12.4. The van der Waals surface area contributed by atoms with Crippen molar-refractivity contribution in [1.82, 2.24) is 4.90 Å². The molecule has 1 fully saturated rings. The number of carbonyl (C=O) groups is 1. The zero-order valence-corrected chi connectivity index (χ0v) is 12.0. The lowest BCUT2D eigenvalue weighted by Gasteiger charge is -2.31. The number of nitro benzene ring substituents is 1. The maximum atomic E-state index is 12.4. The van der Waals surface area contributed by atoms with Crippen LogP contribution in [-0.4, -0.2) is 28.8 Å². The summed E-state index contributed by atoms with van der Waals surface area (Å²) in [7, 11) is 1.80. The zero-order chi connectivity index (χ0) is 14.7. The fourth-order valence-electron chi connectivity index (χ4n) is 2.78. The van der Waals surface area contributed by atoms with Crippen LogP contribution in [0.25, 0.3) is 0 Å². The van der Waals surface area contributed by atoms with Crippen molar-refractivity contribution in [2.75, 3.05) is 7.05 Å². The molecule has 1 aliphatic rings. The lowest BCUT2D eigenvalue weighted by Crippen LogP contribution is -2.38. The third-order valence-corrected chi connectivity index (χ3v) is 4.10. The highest BCUT2D eigenvalue weighted by molar-refractivity contribution is 5.95. The van der Waals surface area contributed by atoms with Gasteiger partial charge in [-0.2, -0.15) is 0 Å². The standard InChI is InChI=1S/C15H20N2O3/c1-11-8-9-12(10-14(11)17(19)20)15(18)16(2)13-6-4-3-5-7-13/h8-10,13H,3-7H2,1-2H3. The van der Waals surface area contributed by atoms with E-state index in [0.29, 0.717) is 11.1 Å². The summed E-state index contributed by atoms with van der Waals surface area (Å²) in [5.41, 5.74) is 0.982. The average molecular weight is 276 g/mol. The molecule has 0 aliphatic heterocycles. The van der Waals surface area contributed by atoms with Gasteiger partial charge in [-0.1, -0.05) is 25.3 Å². The molecule has 0 bridgehead atoms. The molecule has 5 nitrogen and oxygen atoms in total. The van der Waals surface area contributed by atoms with Gasteiger partial charge in [0.2, 0.25) is 0 Å². The van der Waals surface area contributed by atoms with Gasteiger partial charge in [0.1, 0.15) is 0 Å². The summed E-state index contributed by atoms with van der Waals surface area (Å²) in [6.45, 7) is 1.68. The molecule has 1 aromatic carbocycles. The largest absolute Gasteiger partial charge is 0.339 e. The molecule has 0 spiro atoms. The summed E-state index contributed by atoms with van der Waals surface area (Å²) in [5.74, 6) is -0.125.